The molecule has 0 radical (unpaired) electrons. The number of pyridine rings is 1. The Morgan fingerprint density at radius 1 is 0.676 bits per heavy atom. The lowest BCUT2D eigenvalue weighted by Gasteiger charge is -2.15. The van der Waals surface area contributed by atoms with E-state index in [1.54, 1.807) is 26.0 Å². The predicted octanol–water partition coefficient (Wildman–Crippen LogP) is 3.10. The highest BCUT2D eigenvalue weighted by Crippen LogP contribution is 2.30. The van der Waals surface area contributed by atoms with Crippen LogP contribution in [0.5, 0.6) is 5.75 Å². The minimum absolute atomic E-state index is 0.0178. The highest BCUT2D eigenvalue weighted by atomic mass is 32.2. The van der Waals surface area contributed by atoms with E-state index >= 15 is 0 Å². The molecule has 0 bridgehead atoms. The van der Waals surface area contributed by atoms with Crippen LogP contribution in [0.2, 0.25) is 0 Å². The van der Waals surface area contributed by atoms with Gasteiger partial charge < -0.3 is 43.9 Å². The number of amides is 4. The number of benzene rings is 3. The molecule has 1 aromatic heterocycles. The number of rotatable bonds is 30. The first kappa shape index (κ1) is 53.0. The number of hydroxylamine groups is 2. The van der Waals surface area contributed by atoms with Crippen LogP contribution in [0.3, 0.4) is 0 Å². The van der Waals surface area contributed by atoms with Crippen molar-refractivity contribution in [1.29, 1.82) is 0 Å². The second-order valence-corrected chi connectivity index (χ2v) is 17.2. The van der Waals surface area contributed by atoms with E-state index in [1.165, 1.54) is 0 Å². The number of fused-ring (bicyclic) bond motifs is 2. The molecule has 3 aromatic carbocycles. The summed E-state index contributed by atoms with van der Waals surface area (Å²) < 4.78 is 67.6. The van der Waals surface area contributed by atoms with Gasteiger partial charge in [0, 0.05) is 62.9 Å². The molecule has 1 fully saturated rings. The SMILES string of the molecule is Cc1cc(C(=O)NCCOCCOCCOCCOCCOCCNC(=O)CCCC(=O)ON2C(=O)CCC2=O)cc(C)c1OC(=O)c1c2ccccc2[n+](CCCS(=O)(=O)O)c2ccccc12. The predicted molar refractivity (Wildman–Crippen MR) is 244 cm³/mol. The summed E-state index contributed by atoms with van der Waals surface area (Å²) >= 11 is 0. The van der Waals surface area contributed by atoms with Crippen molar-refractivity contribution < 1.29 is 79.6 Å². The number of ether oxygens (including phenoxy) is 6. The normalized spacial score (nSPS) is 12.8. The molecule has 1 saturated heterocycles. The summed E-state index contributed by atoms with van der Waals surface area (Å²) in [5, 5.41) is 7.23. The van der Waals surface area contributed by atoms with Gasteiger partial charge >= 0.3 is 11.9 Å². The first-order valence-corrected chi connectivity index (χ1v) is 24.0. The number of imide groups is 1. The lowest BCUT2D eigenvalue weighted by molar-refractivity contribution is -0.645. The maximum atomic E-state index is 14.0. The second-order valence-electron chi connectivity index (χ2n) is 15.6. The third-order valence-electron chi connectivity index (χ3n) is 10.4. The number of hydrogen-bond donors (Lipinski definition) is 3. The summed E-state index contributed by atoms with van der Waals surface area (Å²) in [7, 11) is -4.14. The number of aryl methyl sites for hydroxylation is 3. The van der Waals surface area contributed by atoms with Crippen LogP contribution in [0, 0.1) is 13.8 Å². The molecule has 68 heavy (non-hydrogen) atoms. The quantitative estimate of drug-likeness (QED) is 0.0129. The van der Waals surface area contributed by atoms with Gasteiger partial charge in [-0.1, -0.05) is 24.3 Å². The Kier molecular flexibility index (Phi) is 21.2. The van der Waals surface area contributed by atoms with Crippen LogP contribution in [-0.2, 0) is 64.4 Å². The molecule has 20 nitrogen and oxygen atoms in total. The molecule has 0 unspecified atom stereocenters. The first-order chi connectivity index (χ1) is 32.7. The summed E-state index contributed by atoms with van der Waals surface area (Å²) in [5.74, 6) is -3.07. The van der Waals surface area contributed by atoms with Gasteiger partial charge in [0.2, 0.25) is 16.9 Å². The van der Waals surface area contributed by atoms with E-state index in [-0.39, 0.29) is 83.2 Å². The van der Waals surface area contributed by atoms with Crippen LogP contribution in [0.4, 0.5) is 0 Å². The van der Waals surface area contributed by atoms with Crippen molar-refractivity contribution in [2.45, 2.75) is 58.9 Å². The lowest BCUT2D eigenvalue weighted by atomic mass is 10.0. The van der Waals surface area contributed by atoms with Crippen molar-refractivity contribution in [3.05, 3.63) is 82.9 Å². The van der Waals surface area contributed by atoms with E-state index in [4.69, 9.17) is 33.3 Å². The summed E-state index contributed by atoms with van der Waals surface area (Å²) in [6.45, 7) is 7.73. The smallest absolute Gasteiger partial charge is 0.345 e. The maximum absolute atomic E-state index is 14.0. The number of nitrogens with one attached hydrogen (secondary N) is 2. The highest BCUT2D eigenvalue weighted by Gasteiger charge is 2.33. The summed E-state index contributed by atoms with van der Waals surface area (Å²) in [6.07, 6.45) is 0.390. The van der Waals surface area contributed by atoms with E-state index in [1.807, 2.05) is 53.1 Å². The molecule has 368 valence electrons. The van der Waals surface area contributed by atoms with Gasteiger partial charge in [-0.3, -0.25) is 23.7 Å². The van der Waals surface area contributed by atoms with Gasteiger partial charge in [-0.25, -0.2) is 9.59 Å². The Balaban J connectivity index is 0.884. The average molecular weight is 968 g/mol. The van der Waals surface area contributed by atoms with Crippen molar-refractivity contribution in [3.8, 4) is 5.75 Å². The minimum Gasteiger partial charge on any atom is -0.422 e. The molecule has 5 rings (SSSR count). The van der Waals surface area contributed by atoms with Crippen LogP contribution in [0.1, 0.15) is 70.4 Å². The Hall–Kier alpha value is -5.94. The topological polar surface area (TPSA) is 253 Å². The zero-order chi connectivity index (χ0) is 48.9. The Morgan fingerprint density at radius 3 is 1.68 bits per heavy atom. The lowest BCUT2D eigenvalue weighted by Crippen LogP contribution is -2.37. The van der Waals surface area contributed by atoms with E-state index in [0.29, 0.717) is 108 Å². The van der Waals surface area contributed by atoms with Gasteiger partial charge in [0.25, 0.3) is 27.8 Å². The molecule has 1 aliphatic heterocycles. The molecule has 1 aliphatic rings. The number of carbonyl (C=O) groups is 6. The van der Waals surface area contributed by atoms with Gasteiger partial charge in [0.15, 0.2) is 6.54 Å². The van der Waals surface area contributed by atoms with Crippen LogP contribution in [0.15, 0.2) is 60.7 Å². The number of para-hydroxylation sites is 2. The minimum atomic E-state index is -4.14. The molecular weight excluding hydrogens is 909 g/mol. The summed E-state index contributed by atoms with van der Waals surface area (Å²) in [4.78, 5) is 78.5. The summed E-state index contributed by atoms with van der Waals surface area (Å²) in [6, 6.07) is 17.9. The maximum Gasteiger partial charge on any atom is 0.345 e. The van der Waals surface area contributed by atoms with Gasteiger partial charge in [-0.2, -0.15) is 13.0 Å². The van der Waals surface area contributed by atoms with Gasteiger partial charge in [-0.05, 0) is 55.7 Å². The van der Waals surface area contributed by atoms with Crippen molar-refractivity contribution in [1.82, 2.24) is 15.7 Å². The Labute approximate surface area is 394 Å². The van der Waals surface area contributed by atoms with Crippen molar-refractivity contribution in [2.75, 3.05) is 84.9 Å². The average Bonchev–Trinajstić information content (AvgIpc) is 3.62. The van der Waals surface area contributed by atoms with Gasteiger partial charge in [-0.15, -0.1) is 5.06 Å². The van der Waals surface area contributed by atoms with E-state index in [2.05, 4.69) is 10.6 Å². The molecule has 0 aliphatic carbocycles. The summed E-state index contributed by atoms with van der Waals surface area (Å²) in [5.41, 5.74) is 3.33. The Morgan fingerprint density at radius 2 is 1.16 bits per heavy atom. The number of carbonyl (C=O) groups excluding carboxylic acids is 6. The van der Waals surface area contributed by atoms with E-state index < -0.39 is 39.6 Å². The molecule has 0 saturated carbocycles. The fraction of sp³-hybridized carbons (Fsp3) is 0.468. The number of esters is 1. The fourth-order valence-electron chi connectivity index (χ4n) is 7.24. The standard InChI is InChI=1S/C47H58N4O16S/c1-33-31-35(32-34(2)45(33)66-47(57)44-36-9-3-5-11-38(36)50(19-8-30-68(58,59)60)39-12-6-4-10-37(39)44)46(56)49-18-21-62-23-25-64-27-29-65-28-26-63-24-22-61-20-17-48-40(52)13-7-14-43(55)67-51-41(53)15-16-42(51)54/h3-6,9-12,31-32H,7-8,13-30H2,1-2H3,(H2-,48,49,52,56,58,59,60)/p+1. The Bertz CT molecular complexity index is 2420. The zero-order valence-electron chi connectivity index (χ0n) is 38.3. The van der Waals surface area contributed by atoms with E-state index in [0.717, 1.165) is 0 Å². The molecule has 2 heterocycles. The van der Waals surface area contributed by atoms with Crippen LogP contribution in [0.25, 0.3) is 21.8 Å². The molecule has 0 spiro atoms. The molecule has 21 heteroatoms. The third-order valence-corrected chi connectivity index (χ3v) is 11.2. The molecule has 4 amide bonds. The molecule has 3 N–H and O–H groups in total. The largest absolute Gasteiger partial charge is 0.422 e. The first-order valence-electron chi connectivity index (χ1n) is 22.4. The number of hydrogen-bond acceptors (Lipinski definition) is 15. The van der Waals surface area contributed by atoms with Gasteiger partial charge in [0.05, 0.1) is 88.2 Å². The van der Waals surface area contributed by atoms with Crippen LogP contribution < -0.4 is 19.9 Å². The number of aromatic nitrogens is 1. The van der Waals surface area contributed by atoms with Crippen molar-refractivity contribution in [3.63, 3.8) is 0 Å². The third kappa shape index (κ3) is 16.7. The van der Waals surface area contributed by atoms with Crippen molar-refractivity contribution in [2.24, 2.45) is 0 Å². The van der Waals surface area contributed by atoms with Gasteiger partial charge in [0.1, 0.15) is 5.75 Å². The van der Waals surface area contributed by atoms with Crippen LogP contribution >= 0.6 is 0 Å². The van der Waals surface area contributed by atoms with E-state index in [9.17, 15) is 41.7 Å². The molecular formula is C47H59N4O16S+. The number of nitrogens with zero attached hydrogens (tertiary/aromatic N) is 2. The second kappa shape index (κ2) is 27.2. The molecule has 4 aromatic rings. The zero-order valence-corrected chi connectivity index (χ0v) is 39.1. The van der Waals surface area contributed by atoms with Crippen molar-refractivity contribution >= 4 is 67.5 Å². The fourth-order valence-corrected chi connectivity index (χ4v) is 7.73. The van der Waals surface area contributed by atoms with Crippen LogP contribution in [-0.4, -0.2) is 139 Å². The monoisotopic (exact) mass is 967 g/mol. The molecule has 0 atom stereocenters. The highest BCUT2D eigenvalue weighted by molar-refractivity contribution is 7.85.